The molecule has 0 fully saturated rings. The third kappa shape index (κ3) is 15.2. The summed E-state index contributed by atoms with van der Waals surface area (Å²) in [5.74, 6) is -0.535. The van der Waals surface area contributed by atoms with Gasteiger partial charge in [-0.3, -0.25) is 20.3 Å². The van der Waals surface area contributed by atoms with Crippen molar-refractivity contribution >= 4 is 17.6 Å². The molecule has 0 aromatic heterocycles. The molecule has 0 radical (unpaired) electrons. The van der Waals surface area contributed by atoms with Crippen LogP contribution in [0.3, 0.4) is 0 Å². The molecule has 0 heterocycles. The Hall–Kier alpha value is -2.64. The number of unbranched alkanes of at least 4 members (excludes halogenated alkanes) is 15. The van der Waals surface area contributed by atoms with Crippen LogP contribution in [0, 0.1) is 10.1 Å². The normalized spacial score (nSPS) is 10.6. The molecule has 34 heavy (non-hydrogen) atoms. The van der Waals surface area contributed by atoms with Crippen molar-refractivity contribution in [2.75, 3.05) is 6.54 Å². The van der Waals surface area contributed by atoms with E-state index in [0.717, 1.165) is 12.8 Å². The van der Waals surface area contributed by atoms with E-state index in [-0.39, 0.29) is 11.3 Å². The fourth-order valence-electron chi connectivity index (χ4n) is 3.84. The first-order chi connectivity index (χ1) is 16.5. The van der Waals surface area contributed by atoms with Gasteiger partial charge in [0.1, 0.15) is 0 Å². The van der Waals surface area contributed by atoms with Crippen molar-refractivity contribution in [1.82, 2.24) is 16.2 Å². The minimum atomic E-state index is -0.536. The standard InChI is InChI=1S/C26H44N4O4/c1-2-3-4-5-6-7-8-9-10-11-12-13-14-15-16-17-22-27-26(32)29-28-25(31)23-18-20-24(21-19-23)30(33)34/h18-21H,2-17,22H2,1H3,(H,28,31)(H2,27,29,32). The Morgan fingerprint density at radius 3 is 1.59 bits per heavy atom. The highest BCUT2D eigenvalue weighted by Crippen LogP contribution is 2.14. The summed E-state index contributed by atoms with van der Waals surface area (Å²) in [5, 5.41) is 13.3. The van der Waals surface area contributed by atoms with Gasteiger partial charge in [0.25, 0.3) is 11.6 Å². The number of non-ortho nitro benzene ring substituents is 1. The van der Waals surface area contributed by atoms with Gasteiger partial charge in [0.2, 0.25) is 0 Å². The second kappa shape index (κ2) is 19.8. The van der Waals surface area contributed by atoms with Gasteiger partial charge in [-0.05, 0) is 18.6 Å². The quantitative estimate of drug-likeness (QED) is 0.116. The molecule has 1 rings (SSSR count). The van der Waals surface area contributed by atoms with Gasteiger partial charge in [0, 0.05) is 24.2 Å². The Kier molecular flexibility index (Phi) is 17.1. The molecule has 0 aliphatic heterocycles. The minimum Gasteiger partial charge on any atom is -0.337 e. The molecule has 0 saturated carbocycles. The lowest BCUT2D eigenvalue weighted by Crippen LogP contribution is -2.47. The van der Waals surface area contributed by atoms with Gasteiger partial charge in [-0.15, -0.1) is 0 Å². The van der Waals surface area contributed by atoms with Crippen molar-refractivity contribution in [3.05, 3.63) is 39.9 Å². The Labute approximate surface area is 204 Å². The maximum atomic E-state index is 11.9. The number of hydrazine groups is 1. The van der Waals surface area contributed by atoms with E-state index in [2.05, 4.69) is 23.1 Å². The largest absolute Gasteiger partial charge is 0.337 e. The molecule has 3 amide bonds. The van der Waals surface area contributed by atoms with Gasteiger partial charge in [-0.1, -0.05) is 103 Å². The van der Waals surface area contributed by atoms with Gasteiger partial charge in [-0.25, -0.2) is 10.2 Å². The van der Waals surface area contributed by atoms with Crippen molar-refractivity contribution in [1.29, 1.82) is 0 Å². The predicted molar refractivity (Wildman–Crippen MR) is 137 cm³/mol. The molecule has 0 saturated heterocycles. The Morgan fingerprint density at radius 2 is 1.15 bits per heavy atom. The summed E-state index contributed by atoms with van der Waals surface area (Å²) < 4.78 is 0. The molecular weight excluding hydrogens is 432 g/mol. The van der Waals surface area contributed by atoms with E-state index in [4.69, 9.17) is 0 Å². The molecule has 8 heteroatoms. The first-order valence-electron chi connectivity index (χ1n) is 13.1. The fourth-order valence-corrected chi connectivity index (χ4v) is 3.84. The lowest BCUT2D eigenvalue weighted by molar-refractivity contribution is -0.384. The monoisotopic (exact) mass is 476 g/mol. The molecule has 0 spiro atoms. The lowest BCUT2D eigenvalue weighted by Gasteiger charge is -2.09. The zero-order valence-electron chi connectivity index (χ0n) is 20.9. The number of hydrogen-bond donors (Lipinski definition) is 3. The number of amides is 3. The first kappa shape index (κ1) is 29.4. The zero-order valence-corrected chi connectivity index (χ0v) is 20.9. The summed E-state index contributed by atoms with van der Waals surface area (Å²) in [6.45, 7) is 2.82. The van der Waals surface area contributed by atoms with E-state index in [0.29, 0.717) is 6.54 Å². The smallest absolute Gasteiger partial charge is 0.333 e. The number of carbonyl (C=O) groups is 2. The number of nitrogens with zero attached hydrogens (tertiary/aromatic N) is 1. The van der Waals surface area contributed by atoms with Crippen LogP contribution < -0.4 is 16.2 Å². The predicted octanol–water partition coefficient (Wildman–Crippen LogP) is 6.80. The van der Waals surface area contributed by atoms with Gasteiger partial charge < -0.3 is 5.32 Å². The van der Waals surface area contributed by atoms with Crippen molar-refractivity contribution in [3.8, 4) is 0 Å². The molecule has 8 nitrogen and oxygen atoms in total. The molecule has 0 aliphatic rings. The van der Waals surface area contributed by atoms with Crippen LogP contribution in [0.4, 0.5) is 10.5 Å². The molecule has 1 aromatic rings. The van der Waals surface area contributed by atoms with Crippen LogP contribution in [0.1, 0.15) is 120 Å². The van der Waals surface area contributed by atoms with E-state index >= 15 is 0 Å². The minimum absolute atomic E-state index is 0.0962. The second-order valence-corrected chi connectivity index (χ2v) is 8.94. The highest BCUT2D eigenvalue weighted by atomic mass is 16.6. The third-order valence-electron chi connectivity index (χ3n) is 5.95. The summed E-state index contributed by atoms with van der Waals surface area (Å²) in [6, 6.07) is 4.68. The molecule has 0 atom stereocenters. The maximum absolute atomic E-state index is 11.9. The van der Waals surface area contributed by atoms with Crippen LogP contribution >= 0.6 is 0 Å². The highest BCUT2D eigenvalue weighted by molar-refractivity contribution is 5.95. The van der Waals surface area contributed by atoms with Crippen LogP contribution in [0.2, 0.25) is 0 Å². The van der Waals surface area contributed by atoms with Gasteiger partial charge in [-0.2, -0.15) is 0 Å². The number of carbonyl (C=O) groups excluding carboxylic acids is 2. The molecular formula is C26H44N4O4. The Bertz CT molecular complexity index is 695. The molecule has 3 N–H and O–H groups in total. The van der Waals surface area contributed by atoms with Crippen LogP contribution in [0.5, 0.6) is 0 Å². The first-order valence-corrected chi connectivity index (χ1v) is 13.1. The molecule has 0 bridgehead atoms. The van der Waals surface area contributed by atoms with E-state index in [1.165, 1.54) is 114 Å². The van der Waals surface area contributed by atoms with E-state index in [9.17, 15) is 19.7 Å². The lowest BCUT2D eigenvalue weighted by atomic mass is 10.0. The van der Waals surface area contributed by atoms with E-state index in [1.54, 1.807) is 0 Å². The van der Waals surface area contributed by atoms with E-state index in [1.807, 2.05) is 0 Å². The van der Waals surface area contributed by atoms with Crippen LogP contribution in [-0.2, 0) is 0 Å². The van der Waals surface area contributed by atoms with Crippen molar-refractivity contribution in [2.45, 2.75) is 110 Å². The number of urea groups is 1. The average molecular weight is 477 g/mol. The average Bonchev–Trinajstić information content (AvgIpc) is 2.84. The number of rotatable bonds is 19. The number of nitro benzene ring substituents is 1. The van der Waals surface area contributed by atoms with Crippen molar-refractivity contribution < 1.29 is 14.5 Å². The molecule has 192 valence electrons. The van der Waals surface area contributed by atoms with Gasteiger partial charge in [0.15, 0.2) is 0 Å². The van der Waals surface area contributed by atoms with Crippen molar-refractivity contribution in [2.24, 2.45) is 0 Å². The summed E-state index contributed by atoms with van der Waals surface area (Å²) in [5.41, 5.74) is 4.70. The molecule has 0 aliphatic carbocycles. The summed E-state index contributed by atoms with van der Waals surface area (Å²) in [7, 11) is 0. The Balaban J connectivity index is 1.88. The van der Waals surface area contributed by atoms with Crippen LogP contribution in [0.25, 0.3) is 0 Å². The number of nitro groups is 1. The van der Waals surface area contributed by atoms with Gasteiger partial charge in [0.05, 0.1) is 4.92 Å². The zero-order chi connectivity index (χ0) is 24.9. The topological polar surface area (TPSA) is 113 Å². The highest BCUT2D eigenvalue weighted by Gasteiger charge is 2.10. The number of nitrogens with one attached hydrogen (secondary N) is 3. The van der Waals surface area contributed by atoms with Crippen LogP contribution in [0.15, 0.2) is 24.3 Å². The maximum Gasteiger partial charge on any atom is 0.333 e. The summed E-state index contributed by atoms with van der Waals surface area (Å²) in [6.07, 6.45) is 20.9. The van der Waals surface area contributed by atoms with Gasteiger partial charge >= 0.3 is 6.03 Å². The summed E-state index contributed by atoms with van der Waals surface area (Å²) >= 11 is 0. The second-order valence-electron chi connectivity index (χ2n) is 8.94. The number of hydrogen-bond acceptors (Lipinski definition) is 4. The third-order valence-corrected chi connectivity index (χ3v) is 5.95. The summed E-state index contributed by atoms with van der Waals surface area (Å²) in [4.78, 5) is 33.8. The Morgan fingerprint density at radius 1 is 0.706 bits per heavy atom. The van der Waals surface area contributed by atoms with E-state index < -0.39 is 16.9 Å². The fraction of sp³-hybridized carbons (Fsp3) is 0.692. The number of benzene rings is 1. The van der Waals surface area contributed by atoms with Crippen molar-refractivity contribution in [3.63, 3.8) is 0 Å². The SMILES string of the molecule is CCCCCCCCCCCCCCCCCCNC(=O)NNC(=O)c1ccc([N+](=O)[O-])cc1. The molecule has 0 unspecified atom stereocenters. The molecule has 1 aromatic carbocycles. The van der Waals surface area contributed by atoms with Crippen LogP contribution in [-0.4, -0.2) is 23.4 Å².